The number of phosphoric acid groups is 2. The van der Waals surface area contributed by atoms with E-state index in [0.717, 1.165) is 0 Å². The SMILES string of the molecule is Cc1cn([C@@H]2O[C@H](CO[PH]3(O)OP(=O)(O)OP(=O)(O)O3)C(O)[C@@H]2O)c(=S)[nH]c1=O. The van der Waals surface area contributed by atoms with Crippen LogP contribution in [-0.4, -0.2) is 59.4 Å². The monoisotopic (exact) mass is 498 g/mol. The molecule has 3 unspecified atom stereocenters. The number of aliphatic hydroxyl groups is 2. The molecule has 6 N–H and O–H groups in total. The number of H-pyrrole nitrogens is 1. The maximum absolute atomic E-state index is 11.6. The average molecular weight is 498 g/mol. The zero-order valence-electron chi connectivity index (χ0n) is 14.3. The second kappa shape index (κ2) is 7.93. The van der Waals surface area contributed by atoms with Crippen LogP contribution in [0.2, 0.25) is 0 Å². The number of hydrogen-bond donors (Lipinski definition) is 6. The molecule has 3 heterocycles. The molecule has 29 heavy (non-hydrogen) atoms. The van der Waals surface area contributed by atoms with Crippen molar-refractivity contribution in [3.8, 4) is 0 Å². The number of nitrogens with one attached hydrogen (secondary N) is 1. The average Bonchev–Trinajstić information content (AvgIpc) is 2.81. The molecule has 0 radical (unpaired) electrons. The van der Waals surface area contributed by atoms with Crippen molar-refractivity contribution < 1.29 is 56.2 Å². The van der Waals surface area contributed by atoms with Crippen LogP contribution in [0.25, 0.3) is 0 Å². The minimum absolute atomic E-state index is 0.107. The molecule has 0 aromatic carbocycles. The Kier molecular flexibility index (Phi) is 6.36. The molecule has 19 heteroatoms. The van der Waals surface area contributed by atoms with Crippen LogP contribution < -0.4 is 5.56 Å². The van der Waals surface area contributed by atoms with Gasteiger partial charge in [-0.1, -0.05) is 0 Å². The van der Waals surface area contributed by atoms with E-state index in [0.29, 0.717) is 0 Å². The molecule has 15 nitrogen and oxygen atoms in total. The predicted octanol–water partition coefficient (Wildman–Crippen LogP) is -0.483. The molecular formula is C10H17N2O13P3S. The van der Waals surface area contributed by atoms with E-state index in [4.69, 9.17) is 21.5 Å². The summed E-state index contributed by atoms with van der Waals surface area (Å²) < 4.78 is 46.4. The molecule has 2 aliphatic rings. The molecule has 0 bridgehead atoms. The standard InChI is InChI=1S/C10H17N2O13P3S/c1-4-2-12(10(29)11-8(4)15)9-7(14)6(13)5(22-9)3-21-28(20)24-26(16,17)23-27(18,19)25-28/h2,5-7,9,13-14,20,28H,3H2,1H3,(H,16,17)(H,18,19)(H,11,15,29)/t5-,6?,7+,9-/m1/s1. The third-order valence-electron chi connectivity index (χ3n) is 3.86. The number of hydrogen-bond acceptors (Lipinski definition) is 12. The van der Waals surface area contributed by atoms with Crippen molar-refractivity contribution in [3.63, 3.8) is 0 Å². The molecule has 2 aliphatic heterocycles. The summed E-state index contributed by atoms with van der Waals surface area (Å²) in [5.74, 6) is 0. The fourth-order valence-corrected chi connectivity index (χ4v) is 8.31. The summed E-state index contributed by atoms with van der Waals surface area (Å²) in [6, 6.07) is 0. The summed E-state index contributed by atoms with van der Waals surface area (Å²) in [4.78, 5) is 42.4. The Labute approximate surface area is 167 Å². The van der Waals surface area contributed by atoms with Gasteiger partial charge in [0.15, 0.2) is 0 Å². The van der Waals surface area contributed by atoms with Gasteiger partial charge in [0.05, 0.1) is 0 Å². The zero-order valence-corrected chi connectivity index (χ0v) is 18.0. The quantitative estimate of drug-likeness (QED) is 0.228. The first-order valence-corrected chi connectivity index (χ1v) is 12.8. The molecular weight excluding hydrogens is 481 g/mol. The number of rotatable bonds is 4. The van der Waals surface area contributed by atoms with Gasteiger partial charge in [-0.15, -0.1) is 0 Å². The first-order valence-electron chi connectivity index (χ1n) is 7.70. The van der Waals surface area contributed by atoms with Gasteiger partial charge >= 0.3 is 167 Å². The van der Waals surface area contributed by atoms with E-state index in [1.54, 1.807) is 0 Å². The van der Waals surface area contributed by atoms with E-state index in [9.17, 15) is 38.8 Å². The van der Waals surface area contributed by atoms with Crippen LogP contribution in [0.15, 0.2) is 11.0 Å². The van der Waals surface area contributed by atoms with Gasteiger partial charge in [-0.2, -0.15) is 0 Å². The summed E-state index contributed by atoms with van der Waals surface area (Å²) in [6.45, 7) is 0.691. The van der Waals surface area contributed by atoms with Gasteiger partial charge in [0.1, 0.15) is 0 Å². The van der Waals surface area contributed by atoms with Crippen molar-refractivity contribution in [1.82, 2.24) is 9.55 Å². The van der Waals surface area contributed by atoms with Crippen LogP contribution in [0.1, 0.15) is 11.8 Å². The molecule has 2 fully saturated rings. The fraction of sp³-hybridized carbons (Fsp3) is 0.600. The summed E-state index contributed by atoms with van der Waals surface area (Å²) in [7, 11) is -15.5. The maximum atomic E-state index is 11.6. The molecule has 166 valence electrons. The molecule has 1 aromatic heterocycles. The van der Waals surface area contributed by atoms with Gasteiger partial charge in [-0.3, -0.25) is 0 Å². The van der Waals surface area contributed by atoms with Crippen molar-refractivity contribution in [2.75, 3.05) is 6.61 Å². The molecule has 2 saturated heterocycles. The van der Waals surface area contributed by atoms with E-state index < -0.39 is 60.5 Å². The summed E-state index contributed by atoms with van der Waals surface area (Å²) in [6.07, 6.45) is -4.48. The van der Waals surface area contributed by atoms with Gasteiger partial charge in [0.25, 0.3) is 0 Å². The third-order valence-corrected chi connectivity index (χ3v) is 10.0. The van der Waals surface area contributed by atoms with Crippen molar-refractivity contribution in [2.45, 2.75) is 31.5 Å². The van der Waals surface area contributed by atoms with Crippen LogP contribution in [-0.2, 0) is 31.3 Å². The number of aromatic nitrogens is 2. The van der Waals surface area contributed by atoms with Crippen LogP contribution >= 0.6 is 36.0 Å². The van der Waals surface area contributed by atoms with Crippen LogP contribution in [0.4, 0.5) is 0 Å². The number of aryl methyl sites for hydroxylation is 1. The van der Waals surface area contributed by atoms with E-state index >= 15 is 0 Å². The Hall–Kier alpha value is -0.410. The van der Waals surface area contributed by atoms with Gasteiger partial charge in [0.2, 0.25) is 0 Å². The van der Waals surface area contributed by atoms with Crippen molar-refractivity contribution in [1.29, 1.82) is 0 Å². The first-order chi connectivity index (χ1) is 13.2. The second-order valence-corrected chi connectivity index (χ2v) is 11.8. The second-order valence-electron chi connectivity index (χ2n) is 6.06. The minimum atomic E-state index is -5.15. The number of nitrogens with zero attached hydrogens (tertiary/aromatic N) is 1. The summed E-state index contributed by atoms with van der Waals surface area (Å²) in [5.41, 5.74) is -0.213. The van der Waals surface area contributed by atoms with E-state index in [1.165, 1.54) is 17.7 Å². The predicted molar refractivity (Wildman–Crippen MR) is 95.9 cm³/mol. The van der Waals surface area contributed by atoms with E-state index in [1.807, 2.05) is 0 Å². The molecule has 0 amide bonds. The van der Waals surface area contributed by atoms with Crippen molar-refractivity contribution >= 4 is 36.0 Å². The van der Waals surface area contributed by atoms with Gasteiger partial charge in [0, 0.05) is 0 Å². The Morgan fingerprint density at radius 3 is 2.45 bits per heavy atom. The van der Waals surface area contributed by atoms with Crippen LogP contribution in [0.3, 0.4) is 0 Å². The summed E-state index contributed by atoms with van der Waals surface area (Å²) >= 11 is 5.00. The van der Waals surface area contributed by atoms with Crippen molar-refractivity contribution in [2.24, 2.45) is 0 Å². The van der Waals surface area contributed by atoms with Gasteiger partial charge in [-0.25, -0.2) is 0 Å². The Balaban J connectivity index is 1.75. The first kappa shape index (κ1) is 23.3. The Morgan fingerprint density at radius 2 is 1.86 bits per heavy atom. The van der Waals surface area contributed by atoms with E-state index in [2.05, 4.69) is 17.9 Å². The molecule has 0 spiro atoms. The van der Waals surface area contributed by atoms with Crippen LogP contribution in [0, 0.1) is 11.7 Å². The topological polar surface area (TPSA) is 219 Å². The van der Waals surface area contributed by atoms with Crippen molar-refractivity contribution in [3.05, 3.63) is 26.9 Å². The van der Waals surface area contributed by atoms with Crippen LogP contribution in [0.5, 0.6) is 0 Å². The molecule has 1 aromatic rings. The molecule has 3 rings (SSSR count). The Bertz CT molecular complexity index is 987. The zero-order chi connectivity index (χ0) is 21.8. The molecule has 6 atom stereocenters. The third kappa shape index (κ3) is 5.09. The molecule has 0 saturated carbocycles. The fourth-order valence-electron chi connectivity index (χ4n) is 2.58. The van der Waals surface area contributed by atoms with E-state index in [-0.39, 0.29) is 10.3 Å². The summed E-state index contributed by atoms with van der Waals surface area (Å²) in [5, 5.41) is 20.4. The normalized spacial score (nSPS) is 40.6. The Morgan fingerprint density at radius 1 is 1.28 bits per heavy atom. The number of ether oxygens (including phenoxy) is 1. The van der Waals surface area contributed by atoms with Gasteiger partial charge < -0.3 is 0 Å². The number of aromatic amines is 1. The molecule has 0 aliphatic carbocycles. The van der Waals surface area contributed by atoms with Gasteiger partial charge in [-0.05, 0) is 0 Å². The number of aliphatic hydroxyl groups excluding tert-OH is 2.